The van der Waals surface area contributed by atoms with Gasteiger partial charge in [-0.3, -0.25) is 4.79 Å². The average molecular weight is 378 g/mol. The minimum Gasteiger partial charge on any atom is -0.378 e. The van der Waals surface area contributed by atoms with Gasteiger partial charge in [-0.25, -0.2) is 9.97 Å². The third kappa shape index (κ3) is 3.26. The number of carbonyl (C=O) groups excluding carboxylic acids is 1. The Labute approximate surface area is 165 Å². The highest BCUT2D eigenvalue weighted by atomic mass is 16.5. The maximum atomic E-state index is 13.2. The molecular weight excluding hydrogens is 352 g/mol. The number of rotatable bonds is 2. The molecule has 1 aromatic heterocycles. The minimum absolute atomic E-state index is 0.0944. The Hall–Kier alpha value is -2.47. The van der Waals surface area contributed by atoms with E-state index < -0.39 is 0 Å². The van der Waals surface area contributed by atoms with Crippen LogP contribution in [0.5, 0.6) is 0 Å². The largest absolute Gasteiger partial charge is 0.378 e. The van der Waals surface area contributed by atoms with Gasteiger partial charge in [-0.1, -0.05) is 24.3 Å². The number of nitrogens with zero attached hydrogens (tertiary/aromatic N) is 4. The molecule has 1 unspecified atom stereocenters. The van der Waals surface area contributed by atoms with E-state index in [0.29, 0.717) is 6.54 Å². The van der Waals surface area contributed by atoms with Crippen LogP contribution in [0.25, 0.3) is 0 Å². The minimum atomic E-state index is 0.0944. The van der Waals surface area contributed by atoms with Crippen LogP contribution < -0.4 is 4.90 Å². The molecule has 1 aromatic carbocycles. The Morgan fingerprint density at radius 2 is 1.86 bits per heavy atom. The van der Waals surface area contributed by atoms with Crippen molar-refractivity contribution < 1.29 is 9.53 Å². The van der Waals surface area contributed by atoms with Crippen molar-refractivity contribution in [3.63, 3.8) is 0 Å². The predicted octanol–water partition coefficient (Wildman–Crippen LogP) is 2.00. The summed E-state index contributed by atoms with van der Waals surface area (Å²) in [4.78, 5) is 26.6. The van der Waals surface area contributed by atoms with Gasteiger partial charge in [0.2, 0.25) is 5.91 Å². The molecule has 146 valence electrons. The maximum Gasteiger partial charge on any atom is 0.226 e. The van der Waals surface area contributed by atoms with Gasteiger partial charge >= 0.3 is 0 Å². The zero-order valence-corrected chi connectivity index (χ0v) is 16.1. The average Bonchev–Trinajstić information content (AvgIpc) is 2.78. The molecular formula is C22H26N4O2. The van der Waals surface area contributed by atoms with Crippen molar-refractivity contribution in [3.05, 3.63) is 53.0 Å². The number of ether oxygens (including phenoxy) is 1. The van der Waals surface area contributed by atoms with E-state index in [1.54, 1.807) is 6.33 Å². The number of morpholine rings is 1. The number of hydrogen-bond donors (Lipinski definition) is 0. The van der Waals surface area contributed by atoms with E-state index in [4.69, 9.17) is 4.74 Å². The Kier molecular flexibility index (Phi) is 4.72. The van der Waals surface area contributed by atoms with Gasteiger partial charge in [0.1, 0.15) is 12.1 Å². The molecule has 2 aromatic rings. The van der Waals surface area contributed by atoms with Crippen molar-refractivity contribution in [1.82, 2.24) is 14.9 Å². The third-order valence-corrected chi connectivity index (χ3v) is 6.30. The zero-order chi connectivity index (χ0) is 18.9. The molecule has 1 atom stereocenters. The lowest BCUT2D eigenvalue weighted by atomic mass is 9.83. The first-order valence-electron chi connectivity index (χ1n) is 10.3. The van der Waals surface area contributed by atoms with Crippen molar-refractivity contribution in [3.8, 4) is 0 Å². The molecule has 0 N–H and O–H groups in total. The summed E-state index contributed by atoms with van der Waals surface area (Å²) in [7, 11) is 0. The summed E-state index contributed by atoms with van der Waals surface area (Å²) in [6, 6.07) is 8.53. The predicted molar refractivity (Wildman–Crippen MR) is 106 cm³/mol. The van der Waals surface area contributed by atoms with E-state index in [0.717, 1.165) is 70.0 Å². The first kappa shape index (κ1) is 17.6. The van der Waals surface area contributed by atoms with Crippen molar-refractivity contribution in [2.24, 2.45) is 5.92 Å². The molecule has 0 saturated carbocycles. The molecule has 2 aliphatic heterocycles. The zero-order valence-electron chi connectivity index (χ0n) is 16.1. The van der Waals surface area contributed by atoms with Crippen LogP contribution in [0.4, 0.5) is 5.82 Å². The van der Waals surface area contributed by atoms with Crippen LogP contribution in [0.2, 0.25) is 0 Å². The number of hydrogen-bond acceptors (Lipinski definition) is 5. The van der Waals surface area contributed by atoms with E-state index in [1.807, 2.05) is 4.90 Å². The first-order chi connectivity index (χ1) is 13.8. The Morgan fingerprint density at radius 1 is 1.04 bits per heavy atom. The van der Waals surface area contributed by atoms with Gasteiger partial charge in [0, 0.05) is 31.1 Å². The van der Waals surface area contributed by atoms with E-state index in [1.165, 1.54) is 16.7 Å². The van der Waals surface area contributed by atoms with E-state index in [9.17, 15) is 4.79 Å². The van der Waals surface area contributed by atoms with Gasteiger partial charge in [0.05, 0.1) is 25.5 Å². The summed E-state index contributed by atoms with van der Waals surface area (Å²) in [6.45, 7) is 4.58. The summed E-state index contributed by atoms with van der Waals surface area (Å²) >= 11 is 0. The normalized spacial score (nSPS) is 21.8. The topological polar surface area (TPSA) is 58.6 Å². The molecule has 0 spiro atoms. The summed E-state index contributed by atoms with van der Waals surface area (Å²) < 4.78 is 5.47. The van der Waals surface area contributed by atoms with Gasteiger partial charge in [0.15, 0.2) is 0 Å². The highest BCUT2D eigenvalue weighted by molar-refractivity contribution is 5.80. The quantitative estimate of drug-likeness (QED) is 0.800. The van der Waals surface area contributed by atoms with Crippen molar-refractivity contribution in [2.45, 2.75) is 32.2 Å². The summed E-state index contributed by atoms with van der Waals surface area (Å²) in [6.07, 6.45) is 5.29. The number of benzene rings is 1. The van der Waals surface area contributed by atoms with Crippen LogP contribution in [0, 0.1) is 5.92 Å². The maximum absolute atomic E-state index is 13.2. The highest BCUT2D eigenvalue weighted by Crippen LogP contribution is 2.30. The summed E-state index contributed by atoms with van der Waals surface area (Å²) in [5, 5.41) is 0. The number of anilines is 1. The fraction of sp³-hybridized carbons (Fsp3) is 0.500. The van der Waals surface area contributed by atoms with Crippen molar-refractivity contribution >= 4 is 11.7 Å². The molecule has 1 amide bonds. The molecule has 1 aliphatic carbocycles. The summed E-state index contributed by atoms with van der Waals surface area (Å²) in [5.74, 6) is 1.41. The number of fused-ring (bicyclic) bond motifs is 2. The third-order valence-electron chi connectivity index (χ3n) is 6.30. The van der Waals surface area contributed by atoms with E-state index in [2.05, 4.69) is 39.1 Å². The van der Waals surface area contributed by atoms with Gasteiger partial charge < -0.3 is 14.5 Å². The van der Waals surface area contributed by atoms with Crippen molar-refractivity contribution in [2.75, 3.05) is 37.7 Å². The Bertz CT molecular complexity index is 879. The second-order valence-corrected chi connectivity index (χ2v) is 7.94. The lowest BCUT2D eigenvalue weighted by Crippen LogP contribution is -2.43. The number of amides is 1. The van der Waals surface area contributed by atoms with Crippen LogP contribution in [0.1, 0.15) is 28.8 Å². The fourth-order valence-electron chi connectivity index (χ4n) is 4.74. The van der Waals surface area contributed by atoms with Crippen molar-refractivity contribution in [1.29, 1.82) is 0 Å². The van der Waals surface area contributed by atoms with Crippen LogP contribution in [0.3, 0.4) is 0 Å². The van der Waals surface area contributed by atoms with Crippen LogP contribution >= 0.6 is 0 Å². The molecule has 1 saturated heterocycles. The molecule has 3 heterocycles. The van der Waals surface area contributed by atoms with E-state index in [-0.39, 0.29) is 11.8 Å². The number of aryl methyl sites for hydroxylation is 1. The van der Waals surface area contributed by atoms with Crippen LogP contribution in [0.15, 0.2) is 30.6 Å². The number of aromatic nitrogens is 2. The van der Waals surface area contributed by atoms with Crippen LogP contribution in [-0.4, -0.2) is 53.6 Å². The van der Waals surface area contributed by atoms with Gasteiger partial charge in [-0.2, -0.15) is 0 Å². The molecule has 0 bridgehead atoms. The van der Waals surface area contributed by atoms with E-state index >= 15 is 0 Å². The second-order valence-electron chi connectivity index (χ2n) is 7.94. The SMILES string of the molecule is O=C(C1CCc2ccccc2C1)N1CCc2c(ncnc2N2CCOCC2)C1. The Balaban J connectivity index is 1.31. The lowest BCUT2D eigenvalue weighted by Gasteiger charge is -2.35. The van der Waals surface area contributed by atoms with Gasteiger partial charge in [-0.05, 0) is 36.8 Å². The second kappa shape index (κ2) is 7.51. The highest BCUT2D eigenvalue weighted by Gasteiger charge is 2.32. The molecule has 1 fully saturated rings. The summed E-state index contributed by atoms with van der Waals surface area (Å²) in [5.41, 5.74) is 4.95. The molecule has 0 radical (unpaired) electrons. The standard InChI is InChI=1S/C22H26N4O2/c27-22(18-6-5-16-3-1-2-4-17(16)13-18)26-8-7-19-20(14-26)23-15-24-21(19)25-9-11-28-12-10-25/h1-4,15,18H,5-14H2. The smallest absolute Gasteiger partial charge is 0.226 e. The van der Waals surface area contributed by atoms with Gasteiger partial charge in [0.25, 0.3) is 0 Å². The monoisotopic (exact) mass is 378 g/mol. The molecule has 5 rings (SSSR count). The van der Waals surface area contributed by atoms with Crippen LogP contribution in [-0.2, 0) is 35.3 Å². The lowest BCUT2D eigenvalue weighted by molar-refractivity contribution is -0.136. The Morgan fingerprint density at radius 3 is 2.71 bits per heavy atom. The fourth-order valence-corrected chi connectivity index (χ4v) is 4.74. The molecule has 6 heteroatoms. The number of carbonyl (C=O) groups is 1. The molecule has 6 nitrogen and oxygen atoms in total. The first-order valence-corrected chi connectivity index (χ1v) is 10.3. The van der Waals surface area contributed by atoms with Gasteiger partial charge in [-0.15, -0.1) is 0 Å². The molecule has 28 heavy (non-hydrogen) atoms. The molecule has 3 aliphatic rings.